The van der Waals surface area contributed by atoms with E-state index < -0.39 is 0 Å². The summed E-state index contributed by atoms with van der Waals surface area (Å²) in [7, 11) is 0. The highest BCUT2D eigenvalue weighted by Gasteiger charge is 2.05. The zero-order valence-corrected chi connectivity index (χ0v) is 20.7. The molecule has 2 aromatic rings. The Bertz CT molecular complexity index is 971. The van der Waals surface area contributed by atoms with E-state index in [1.165, 1.54) is 24.6 Å². The first kappa shape index (κ1) is 28.2. The zero-order valence-electron chi connectivity index (χ0n) is 20.7. The Morgan fingerprint density at radius 2 is 1.17 bits per heavy atom. The molecule has 2 aromatic carbocycles. The topological polar surface area (TPSA) is 142 Å². The van der Waals surface area contributed by atoms with Crippen LogP contribution in [0.2, 0.25) is 0 Å². The van der Waals surface area contributed by atoms with Gasteiger partial charge in [-0.25, -0.2) is 10.9 Å². The summed E-state index contributed by atoms with van der Waals surface area (Å²) in [5.41, 5.74) is 6.35. The molecule has 0 spiro atoms. The maximum Gasteiger partial charge on any atom is 0.240 e. The van der Waals surface area contributed by atoms with E-state index in [1.54, 1.807) is 24.3 Å². The first-order valence-electron chi connectivity index (χ1n) is 12.0. The number of unbranched alkanes of at least 4 members (excludes halogenated alkanes) is 3. The minimum Gasteiger partial charge on any atom is -0.504 e. The van der Waals surface area contributed by atoms with Crippen LogP contribution < -0.4 is 20.3 Å². The average Bonchev–Trinajstić information content (AvgIpc) is 2.85. The molecule has 0 heterocycles. The Balaban J connectivity index is 1.57. The lowest BCUT2D eigenvalue weighted by Gasteiger charge is -2.06. The molecule has 0 saturated heterocycles. The molecule has 36 heavy (non-hydrogen) atoms. The second-order valence-electron chi connectivity index (χ2n) is 7.82. The Morgan fingerprint density at radius 1 is 0.750 bits per heavy atom. The van der Waals surface area contributed by atoms with Crippen molar-refractivity contribution in [1.29, 1.82) is 0 Å². The van der Waals surface area contributed by atoms with Gasteiger partial charge in [-0.15, -0.1) is 0 Å². The predicted molar refractivity (Wildman–Crippen MR) is 138 cm³/mol. The van der Waals surface area contributed by atoms with E-state index in [4.69, 9.17) is 9.47 Å². The van der Waals surface area contributed by atoms with E-state index in [0.717, 1.165) is 12.8 Å². The van der Waals surface area contributed by atoms with Gasteiger partial charge in [0, 0.05) is 12.8 Å². The number of aromatic hydroxyl groups is 2. The lowest BCUT2D eigenvalue weighted by Crippen LogP contribution is -2.17. The number of hydrazone groups is 2. The molecule has 194 valence electrons. The average molecular weight is 499 g/mol. The van der Waals surface area contributed by atoms with Crippen LogP contribution in [-0.2, 0) is 9.59 Å². The summed E-state index contributed by atoms with van der Waals surface area (Å²) < 4.78 is 10.6. The number of hydrogen-bond donors (Lipinski definition) is 4. The molecule has 0 bridgehead atoms. The monoisotopic (exact) mass is 498 g/mol. The lowest BCUT2D eigenvalue weighted by atomic mass is 10.1. The number of phenolic OH excluding ortho intramolecular Hbond substituents is 2. The summed E-state index contributed by atoms with van der Waals surface area (Å²) >= 11 is 0. The molecule has 2 amide bonds. The van der Waals surface area contributed by atoms with Gasteiger partial charge >= 0.3 is 0 Å². The Morgan fingerprint density at radius 3 is 1.56 bits per heavy atom. The lowest BCUT2D eigenvalue weighted by molar-refractivity contribution is -0.122. The van der Waals surface area contributed by atoms with Crippen LogP contribution in [0.4, 0.5) is 0 Å². The Kier molecular flexibility index (Phi) is 12.3. The molecule has 0 aliphatic rings. The van der Waals surface area contributed by atoms with Gasteiger partial charge in [0.25, 0.3) is 0 Å². The molecule has 4 N–H and O–H groups in total. The molecule has 0 aromatic heterocycles. The summed E-state index contributed by atoms with van der Waals surface area (Å²) in [5.74, 6) is 0.443. The van der Waals surface area contributed by atoms with Gasteiger partial charge in [0.05, 0.1) is 25.6 Å². The maximum atomic E-state index is 11.9. The smallest absolute Gasteiger partial charge is 0.240 e. The highest BCUT2D eigenvalue weighted by molar-refractivity contribution is 5.84. The number of amides is 2. The normalized spacial score (nSPS) is 11.1. The molecule has 10 nitrogen and oxygen atoms in total. The molecule has 0 aliphatic heterocycles. The summed E-state index contributed by atoms with van der Waals surface area (Å²) in [6.07, 6.45) is 6.67. The van der Waals surface area contributed by atoms with Gasteiger partial charge in [0.1, 0.15) is 0 Å². The first-order valence-corrected chi connectivity index (χ1v) is 12.0. The van der Waals surface area contributed by atoms with Gasteiger partial charge in [0.15, 0.2) is 23.0 Å². The van der Waals surface area contributed by atoms with Crippen molar-refractivity contribution in [1.82, 2.24) is 10.9 Å². The van der Waals surface area contributed by atoms with Crippen molar-refractivity contribution in [2.45, 2.75) is 52.4 Å². The van der Waals surface area contributed by atoms with Crippen LogP contribution in [0, 0.1) is 0 Å². The number of benzene rings is 2. The van der Waals surface area contributed by atoms with Crippen LogP contribution in [0.5, 0.6) is 23.0 Å². The molecule has 0 unspecified atom stereocenters. The summed E-state index contributed by atoms with van der Waals surface area (Å²) in [6, 6.07) is 9.63. The zero-order chi connectivity index (χ0) is 26.2. The number of rotatable bonds is 15. The van der Waals surface area contributed by atoms with Crippen molar-refractivity contribution in [2.24, 2.45) is 10.2 Å². The molecule has 0 fully saturated rings. The van der Waals surface area contributed by atoms with Crippen molar-refractivity contribution >= 4 is 24.2 Å². The van der Waals surface area contributed by atoms with Gasteiger partial charge in [-0.05, 0) is 74.2 Å². The molecule has 0 saturated carbocycles. The summed E-state index contributed by atoms with van der Waals surface area (Å²) in [5, 5.41) is 27.3. The number of carbonyl (C=O) groups is 2. The highest BCUT2D eigenvalue weighted by atomic mass is 16.5. The maximum absolute atomic E-state index is 11.9. The second-order valence-corrected chi connectivity index (χ2v) is 7.82. The van der Waals surface area contributed by atoms with E-state index in [9.17, 15) is 19.8 Å². The standard InChI is InChI=1S/C26H34N4O6/c1-3-35-23-15-19(11-13-21(23)31)17-27-29-25(33)9-7-5-6-8-10-26(34)30-28-18-20-12-14-22(32)24(16-20)36-4-2/h11-18,31-32H,3-10H2,1-2H3,(H,29,33)(H,30,34)/b27-17+,28-18+. The molecule has 0 atom stereocenters. The minimum absolute atomic E-state index is 0.0498. The van der Waals surface area contributed by atoms with Crippen LogP contribution in [0.3, 0.4) is 0 Å². The molecule has 0 radical (unpaired) electrons. The van der Waals surface area contributed by atoms with Crippen LogP contribution in [0.25, 0.3) is 0 Å². The Labute approximate surface area is 211 Å². The van der Waals surface area contributed by atoms with Crippen LogP contribution in [0.1, 0.15) is 63.5 Å². The SMILES string of the molecule is CCOc1cc(/C=N/NC(=O)CCCCCCC(=O)N/N=C/c2ccc(O)c(OCC)c2)ccc1O. The van der Waals surface area contributed by atoms with E-state index in [-0.39, 0.29) is 23.3 Å². The second kappa shape index (κ2) is 15.8. The van der Waals surface area contributed by atoms with E-state index in [0.29, 0.717) is 61.5 Å². The van der Waals surface area contributed by atoms with E-state index in [1.807, 2.05) is 13.8 Å². The van der Waals surface area contributed by atoms with Crippen molar-refractivity contribution < 1.29 is 29.3 Å². The highest BCUT2D eigenvalue weighted by Crippen LogP contribution is 2.27. The third kappa shape index (κ3) is 10.5. The van der Waals surface area contributed by atoms with Crippen molar-refractivity contribution in [3.8, 4) is 23.0 Å². The van der Waals surface area contributed by atoms with Crippen LogP contribution in [-0.4, -0.2) is 47.7 Å². The van der Waals surface area contributed by atoms with Gasteiger partial charge in [0.2, 0.25) is 11.8 Å². The summed E-state index contributed by atoms with van der Waals surface area (Å²) in [6.45, 7) is 4.51. The van der Waals surface area contributed by atoms with E-state index in [2.05, 4.69) is 21.1 Å². The van der Waals surface area contributed by atoms with Crippen LogP contribution in [0.15, 0.2) is 46.6 Å². The fraction of sp³-hybridized carbons (Fsp3) is 0.385. The molecular formula is C26H34N4O6. The number of nitrogens with zero attached hydrogens (tertiary/aromatic N) is 2. The molecule has 2 rings (SSSR count). The minimum atomic E-state index is -0.191. The van der Waals surface area contributed by atoms with Gasteiger partial charge < -0.3 is 19.7 Å². The quantitative estimate of drug-likeness (QED) is 0.167. The van der Waals surface area contributed by atoms with Crippen molar-refractivity contribution in [3.05, 3.63) is 47.5 Å². The van der Waals surface area contributed by atoms with Gasteiger partial charge in [-0.3, -0.25) is 9.59 Å². The molecule has 0 aliphatic carbocycles. The Hall–Kier alpha value is -4.08. The van der Waals surface area contributed by atoms with Gasteiger partial charge in [-0.1, -0.05) is 12.8 Å². The number of hydrogen-bond acceptors (Lipinski definition) is 8. The third-order valence-electron chi connectivity index (χ3n) is 4.93. The van der Waals surface area contributed by atoms with Crippen LogP contribution >= 0.6 is 0 Å². The van der Waals surface area contributed by atoms with Crippen molar-refractivity contribution in [2.75, 3.05) is 13.2 Å². The largest absolute Gasteiger partial charge is 0.504 e. The molecular weight excluding hydrogens is 464 g/mol. The third-order valence-corrected chi connectivity index (χ3v) is 4.93. The first-order chi connectivity index (χ1) is 17.4. The van der Waals surface area contributed by atoms with Gasteiger partial charge in [-0.2, -0.15) is 10.2 Å². The molecule has 10 heteroatoms. The fourth-order valence-corrected chi connectivity index (χ4v) is 3.16. The van der Waals surface area contributed by atoms with Crippen molar-refractivity contribution in [3.63, 3.8) is 0 Å². The predicted octanol–water partition coefficient (Wildman–Crippen LogP) is 3.84. The number of carbonyl (C=O) groups excluding carboxylic acids is 2. The summed E-state index contributed by atoms with van der Waals surface area (Å²) in [4.78, 5) is 23.8. The fourth-order valence-electron chi connectivity index (χ4n) is 3.16. The number of nitrogens with one attached hydrogen (secondary N) is 2. The van der Waals surface area contributed by atoms with E-state index >= 15 is 0 Å². The number of phenols is 2. The number of ether oxygens (including phenoxy) is 2.